The summed E-state index contributed by atoms with van der Waals surface area (Å²) >= 11 is 0. The van der Waals surface area contributed by atoms with Crippen LogP contribution in [0, 0.1) is 11.3 Å². The molecule has 1 fully saturated rings. The van der Waals surface area contributed by atoms with Crippen LogP contribution in [-0.2, 0) is 0 Å². The average Bonchev–Trinajstić information content (AvgIpc) is 2.63. The summed E-state index contributed by atoms with van der Waals surface area (Å²) in [7, 11) is 0. The van der Waals surface area contributed by atoms with E-state index in [-0.39, 0.29) is 0 Å². The molecule has 1 unspecified atom stereocenters. The molecule has 0 bridgehead atoms. The summed E-state index contributed by atoms with van der Waals surface area (Å²) in [5.74, 6) is 0.746. The van der Waals surface area contributed by atoms with Crippen LogP contribution >= 0.6 is 0 Å². The molecule has 0 saturated carbocycles. The van der Waals surface area contributed by atoms with E-state index in [1.54, 1.807) is 0 Å². The third kappa shape index (κ3) is 4.98. The van der Waals surface area contributed by atoms with Crippen LogP contribution in [0.25, 0.3) is 0 Å². The summed E-state index contributed by atoms with van der Waals surface area (Å²) in [5, 5.41) is 3.58. The fraction of sp³-hybridized carbons (Fsp3) is 1.00. The smallest absolute Gasteiger partial charge is 0.0107 e. The molecule has 2 nitrogen and oxygen atoms in total. The van der Waals surface area contributed by atoms with Crippen LogP contribution in [0.2, 0.25) is 0 Å². The second-order valence-corrected chi connectivity index (χ2v) is 6.02. The molecule has 1 N–H and O–H groups in total. The van der Waals surface area contributed by atoms with Gasteiger partial charge in [0.15, 0.2) is 0 Å². The molecule has 0 aromatic heterocycles. The number of hydrogen-bond donors (Lipinski definition) is 1. The average molecular weight is 212 g/mol. The zero-order valence-electron chi connectivity index (χ0n) is 11.0. The molecular formula is C13H28N2. The molecule has 0 aliphatic carbocycles. The second-order valence-electron chi connectivity index (χ2n) is 6.02. The first-order chi connectivity index (χ1) is 7.00. The Labute approximate surface area is 95.4 Å². The van der Waals surface area contributed by atoms with Gasteiger partial charge in [0.25, 0.3) is 0 Å². The molecule has 1 aliphatic rings. The lowest BCUT2D eigenvalue weighted by atomic mass is 9.82. The quantitative estimate of drug-likeness (QED) is 0.704. The molecule has 1 rings (SSSR count). The number of rotatable bonds is 5. The first-order valence-electron chi connectivity index (χ1n) is 6.43. The van der Waals surface area contributed by atoms with Gasteiger partial charge < -0.3 is 10.2 Å². The van der Waals surface area contributed by atoms with E-state index in [0.29, 0.717) is 5.41 Å². The van der Waals surface area contributed by atoms with E-state index in [0.717, 1.165) is 19.0 Å². The monoisotopic (exact) mass is 212 g/mol. The minimum atomic E-state index is 0.431. The number of nitrogens with zero attached hydrogens (tertiary/aromatic N) is 1. The maximum absolute atomic E-state index is 3.58. The van der Waals surface area contributed by atoms with Crippen LogP contribution in [0.5, 0.6) is 0 Å². The van der Waals surface area contributed by atoms with Gasteiger partial charge in [-0.05, 0) is 43.8 Å². The van der Waals surface area contributed by atoms with Gasteiger partial charge in [0.05, 0.1) is 0 Å². The Morgan fingerprint density at radius 2 is 1.80 bits per heavy atom. The second kappa shape index (κ2) is 5.86. The van der Waals surface area contributed by atoms with Gasteiger partial charge in [0.2, 0.25) is 0 Å². The summed E-state index contributed by atoms with van der Waals surface area (Å²) in [6.07, 6.45) is 2.80. The van der Waals surface area contributed by atoms with Gasteiger partial charge in [-0.1, -0.05) is 27.7 Å². The number of likely N-dealkylation sites (tertiary alicyclic amines) is 1. The molecule has 0 spiro atoms. The Hall–Kier alpha value is -0.0800. The molecule has 0 radical (unpaired) electrons. The van der Waals surface area contributed by atoms with Crippen LogP contribution in [0.15, 0.2) is 0 Å². The van der Waals surface area contributed by atoms with Crippen molar-refractivity contribution in [1.82, 2.24) is 10.2 Å². The van der Waals surface area contributed by atoms with Crippen molar-refractivity contribution in [1.29, 1.82) is 0 Å². The third-order valence-electron chi connectivity index (χ3n) is 3.73. The van der Waals surface area contributed by atoms with Crippen molar-refractivity contribution in [2.45, 2.75) is 40.5 Å². The van der Waals surface area contributed by atoms with E-state index < -0.39 is 0 Å². The first kappa shape index (κ1) is 13.0. The molecule has 0 aromatic rings. The lowest BCUT2D eigenvalue weighted by Gasteiger charge is -2.27. The van der Waals surface area contributed by atoms with Crippen LogP contribution in [0.1, 0.15) is 40.5 Å². The lowest BCUT2D eigenvalue weighted by molar-refractivity contribution is 0.247. The highest BCUT2D eigenvalue weighted by Crippen LogP contribution is 2.24. The Kier molecular flexibility index (Phi) is 5.07. The minimum Gasteiger partial charge on any atom is -0.315 e. The van der Waals surface area contributed by atoms with Gasteiger partial charge in [-0.15, -0.1) is 0 Å². The van der Waals surface area contributed by atoms with Crippen molar-refractivity contribution in [2.75, 3.05) is 32.7 Å². The van der Waals surface area contributed by atoms with E-state index in [1.807, 2.05) is 0 Å². The third-order valence-corrected chi connectivity index (χ3v) is 3.73. The molecule has 1 aliphatic heterocycles. The van der Waals surface area contributed by atoms with Crippen LogP contribution < -0.4 is 5.32 Å². The van der Waals surface area contributed by atoms with Crippen LogP contribution in [0.4, 0.5) is 0 Å². The van der Waals surface area contributed by atoms with Crippen molar-refractivity contribution in [3.05, 3.63) is 0 Å². The topological polar surface area (TPSA) is 15.3 Å². The number of hydrogen-bond acceptors (Lipinski definition) is 2. The summed E-state index contributed by atoms with van der Waals surface area (Å²) in [4.78, 5) is 2.56. The first-order valence-corrected chi connectivity index (χ1v) is 6.43. The molecule has 0 amide bonds. The predicted molar refractivity (Wildman–Crippen MR) is 67.2 cm³/mol. The van der Waals surface area contributed by atoms with Gasteiger partial charge in [-0.25, -0.2) is 0 Å². The van der Waals surface area contributed by atoms with E-state index in [2.05, 4.69) is 37.9 Å². The summed E-state index contributed by atoms with van der Waals surface area (Å²) in [5.41, 5.74) is 0.431. The van der Waals surface area contributed by atoms with Gasteiger partial charge in [-0.2, -0.15) is 0 Å². The fourth-order valence-electron chi connectivity index (χ4n) is 1.87. The zero-order valence-corrected chi connectivity index (χ0v) is 11.0. The Morgan fingerprint density at radius 1 is 1.20 bits per heavy atom. The highest BCUT2D eigenvalue weighted by molar-refractivity contribution is 4.73. The maximum Gasteiger partial charge on any atom is 0.0107 e. The van der Waals surface area contributed by atoms with Crippen molar-refractivity contribution in [3.63, 3.8) is 0 Å². The highest BCUT2D eigenvalue weighted by Gasteiger charge is 2.19. The molecular weight excluding hydrogens is 184 g/mol. The Morgan fingerprint density at radius 3 is 2.33 bits per heavy atom. The molecule has 90 valence electrons. The number of nitrogens with one attached hydrogen (secondary N) is 1. The zero-order chi connectivity index (χ0) is 11.3. The van der Waals surface area contributed by atoms with E-state index in [1.165, 1.54) is 32.5 Å². The molecule has 2 heteroatoms. The van der Waals surface area contributed by atoms with Crippen molar-refractivity contribution in [3.8, 4) is 0 Å². The van der Waals surface area contributed by atoms with Crippen LogP contribution in [0.3, 0.4) is 0 Å². The van der Waals surface area contributed by atoms with Crippen LogP contribution in [-0.4, -0.2) is 37.6 Å². The predicted octanol–water partition coefficient (Wildman–Crippen LogP) is 2.35. The van der Waals surface area contributed by atoms with Gasteiger partial charge in [0.1, 0.15) is 0 Å². The molecule has 1 heterocycles. The maximum atomic E-state index is 3.58. The van der Waals surface area contributed by atoms with E-state index in [4.69, 9.17) is 0 Å². The van der Waals surface area contributed by atoms with Crippen molar-refractivity contribution >= 4 is 0 Å². The van der Waals surface area contributed by atoms with E-state index in [9.17, 15) is 0 Å². The Bertz CT molecular complexity index is 166. The molecule has 1 saturated heterocycles. The summed E-state index contributed by atoms with van der Waals surface area (Å²) < 4.78 is 0. The lowest BCUT2D eigenvalue weighted by Crippen LogP contribution is -2.35. The van der Waals surface area contributed by atoms with Crippen molar-refractivity contribution < 1.29 is 0 Å². The summed E-state index contributed by atoms with van der Waals surface area (Å²) in [6.45, 7) is 15.5. The van der Waals surface area contributed by atoms with Gasteiger partial charge >= 0.3 is 0 Å². The molecule has 1 atom stereocenters. The largest absolute Gasteiger partial charge is 0.315 e. The molecule has 0 aromatic carbocycles. The highest BCUT2D eigenvalue weighted by atomic mass is 15.1. The molecule has 15 heavy (non-hydrogen) atoms. The standard InChI is InChI=1S/C13H28N2/c1-12(13(2,3)4)11-14-7-10-15-8-5-6-9-15/h12,14H,5-11H2,1-4H3. The normalized spacial score (nSPS) is 20.8. The Balaban J connectivity index is 2.01. The fourth-order valence-corrected chi connectivity index (χ4v) is 1.87. The summed E-state index contributed by atoms with van der Waals surface area (Å²) in [6, 6.07) is 0. The van der Waals surface area contributed by atoms with Gasteiger partial charge in [-0.3, -0.25) is 0 Å². The minimum absolute atomic E-state index is 0.431. The van der Waals surface area contributed by atoms with E-state index >= 15 is 0 Å². The van der Waals surface area contributed by atoms with Gasteiger partial charge in [0, 0.05) is 13.1 Å². The van der Waals surface area contributed by atoms with Crippen molar-refractivity contribution in [2.24, 2.45) is 11.3 Å². The SMILES string of the molecule is CC(CNCCN1CCCC1)C(C)(C)C.